The van der Waals surface area contributed by atoms with Crippen LogP contribution in [0.15, 0.2) is 121 Å². The molecule has 43 heavy (non-hydrogen) atoms. The van der Waals surface area contributed by atoms with E-state index in [9.17, 15) is 5.11 Å². The van der Waals surface area contributed by atoms with E-state index in [1.807, 2.05) is 72.8 Å². The van der Waals surface area contributed by atoms with Gasteiger partial charge in [0, 0.05) is 20.9 Å². The van der Waals surface area contributed by atoms with Gasteiger partial charge < -0.3 is 9.53 Å². The first kappa shape index (κ1) is 31.8. The van der Waals surface area contributed by atoms with Gasteiger partial charge in [0.2, 0.25) is 0 Å². The molecule has 2 aliphatic carbocycles. The molecule has 2 aliphatic rings. The summed E-state index contributed by atoms with van der Waals surface area (Å²) in [6.07, 6.45) is 16.9. The van der Waals surface area contributed by atoms with Gasteiger partial charge in [0.05, 0.1) is 0 Å². The maximum Gasteiger partial charge on any atom is 0.194 e. The van der Waals surface area contributed by atoms with Crippen molar-refractivity contribution >= 4 is 31.5 Å². The quantitative estimate of drug-likeness (QED) is 0.189. The molecule has 0 bridgehead atoms. The van der Waals surface area contributed by atoms with Gasteiger partial charge in [-0.15, -0.1) is 0 Å². The standard InChI is InChI=1S/C38H42Cl2O2Si/c1-6-43(7-2,8-3)42-38(32-15-19-34(40)20-16-32)27-25-37(41,26-28-38)31-11-9-29(10-12-31)35(4)21-23-36(5,24-22-35)30-13-17-33(39)18-14-30/h9-28,41H,6-8H2,1-5H3. The largest absolute Gasteiger partial charge is 0.401 e. The molecule has 0 saturated carbocycles. The lowest BCUT2D eigenvalue weighted by Gasteiger charge is -2.42. The SMILES string of the molecule is CC[Si](CC)(CC)OC1(c2ccc(Cl)cc2)C=CC(O)(c2ccc(C3(C)C=CC(C)(c4ccc(Cl)cc4)C=C3)cc2)C=C1. The predicted octanol–water partition coefficient (Wildman–Crippen LogP) is 10.6. The van der Waals surface area contributed by atoms with Crippen LogP contribution in [0, 0.1) is 0 Å². The van der Waals surface area contributed by atoms with Crippen LogP contribution in [0.2, 0.25) is 28.2 Å². The van der Waals surface area contributed by atoms with E-state index in [2.05, 4.69) is 83.2 Å². The van der Waals surface area contributed by atoms with Gasteiger partial charge in [-0.25, -0.2) is 0 Å². The van der Waals surface area contributed by atoms with Gasteiger partial charge in [0.25, 0.3) is 0 Å². The molecular formula is C38H42Cl2O2Si. The van der Waals surface area contributed by atoms with Crippen LogP contribution < -0.4 is 0 Å². The average Bonchev–Trinajstić information content (AvgIpc) is 3.03. The number of rotatable bonds is 9. The van der Waals surface area contributed by atoms with E-state index in [4.69, 9.17) is 27.6 Å². The molecule has 0 aliphatic heterocycles. The van der Waals surface area contributed by atoms with E-state index in [0.29, 0.717) is 5.02 Å². The normalized spacial score (nSPS) is 28.4. The molecule has 224 valence electrons. The lowest BCUT2D eigenvalue weighted by atomic mass is 9.70. The number of benzene rings is 3. The molecule has 0 aromatic heterocycles. The lowest BCUT2D eigenvalue weighted by Crippen LogP contribution is -2.45. The van der Waals surface area contributed by atoms with Gasteiger partial charge in [0.1, 0.15) is 11.2 Å². The molecule has 5 rings (SSSR count). The second kappa shape index (κ2) is 12.0. The molecule has 0 amide bonds. The minimum absolute atomic E-state index is 0.191. The minimum Gasteiger partial charge on any atom is -0.401 e. The summed E-state index contributed by atoms with van der Waals surface area (Å²) < 4.78 is 7.12. The second-order valence-electron chi connectivity index (χ2n) is 12.5. The highest BCUT2D eigenvalue weighted by atomic mass is 35.5. The fraction of sp³-hybridized carbons (Fsp3) is 0.316. The molecule has 0 atom stereocenters. The zero-order valence-electron chi connectivity index (χ0n) is 25.8. The summed E-state index contributed by atoms with van der Waals surface area (Å²) in [5, 5.41) is 13.3. The highest BCUT2D eigenvalue weighted by Crippen LogP contribution is 2.43. The Hall–Kier alpha value is -2.66. The molecular weight excluding hydrogens is 587 g/mol. The Morgan fingerprint density at radius 2 is 0.884 bits per heavy atom. The predicted molar refractivity (Wildman–Crippen MR) is 184 cm³/mol. The van der Waals surface area contributed by atoms with Crippen molar-refractivity contribution in [2.45, 2.75) is 74.8 Å². The van der Waals surface area contributed by atoms with Gasteiger partial charge in [-0.2, -0.15) is 0 Å². The van der Waals surface area contributed by atoms with Crippen LogP contribution in [-0.4, -0.2) is 13.4 Å². The van der Waals surface area contributed by atoms with Gasteiger partial charge in [0.15, 0.2) is 8.32 Å². The highest BCUT2D eigenvalue weighted by molar-refractivity contribution is 6.73. The van der Waals surface area contributed by atoms with Crippen LogP contribution in [0.1, 0.15) is 56.9 Å². The summed E-state index contributed by atoms with van der Waals surface area (Å²) in [6.45, 7) is 11.1. The van der Waals surface area contributed by atoms with Gasteiger partial charge in [-0.05, 0) is 103 Å². The first-order valence-electron chi connectivity index (χ1n) is 15.3. The summed E-state index contributed by atoms with van der Waals surface area (Å²) in [5.41, 5.74) is 1.78. The molecule has 1 N–H and O–H groups in total. The van der Waals surface area contributed by atoms with Gasteiger partial charge in [-0.3, -0.25) is 0 Å². The van der Waals surface area contributed by atoms with Crippen molar-refractivity contribution in [2.24, 2.45) is 0 Å². The number of allylic oxidation sites excluding steroid dienone is 4. The smallest absolute Gasteiger partial charge is 0.194 e. The van der Waals surface area contributed by atoms with Crippen molar-refractivity contribution in [3.8, 4) is 0 Å². The van der Waals surface area contributed by atoms with Crippen LogP contribution in [0.5, 0.6) is 0 Å². The van der Waals surface area contributed by atoms with E-state index in [1.54, 1.807) is 0 Å². The molecule has 0 fully saturated rings. The van der Waals surface area contributed by atoms with E-state index in [0.717, 1.165) is 39.8 Å². The van der Waals surface area contributed by atoms with Crippen molar-refractivity contribution in [3.05, 3.63) is 154 Å². The fourth-order valence-electron chi connectivity index (χ4n) is 6.25. The molecule has 3 aromatic carbocycles. The first-order valence-corrected chi connectivity index (χ1v) is 18.6. The summed E-state index contributed by atoms with van der Waals surface area (Å²) in [4.78, 5) is 0. The number of hydrogen-bond donors (Lipinski definition) is 1. The Morgan fingerprint density at radius 3 is 1.28 bits per heavy atom. The lowest BCUT2D eigenvalue weighted by molar-refractivity contribution is 0.113. The zero-order valence-corrected chi connectivity index (χ0v) is 28.3. The average molecular weight is 630 g/mol. The Morgan fingerprint density at radius 1 is 0.535 bits per heavy atom. The van der Waals surface area contributed by atoms with Crippen LogP contribution in [0.25, 0.3) is 0 Å². The first-order chi connectivity index (χ1) is 20.4. The van der Waals surface area contributed by atoms with Crippen LogP contribution in [0.4, 0.5) is 0 Å². The Kier molecular flexibility index (Phi) is 8.88. The highest BCUT2D eigenvalue weighted by Gasteiger charge is 2.42. The maximum atomic E-state index is 11.8. The van der Waals surface area contributed by atoms with Crippen molar-refractivity contribution in [1.82, 2.24) is 0 Å². The molecule has 0 unspecified atom stereocenters. The summed E-state index contributed by atoms with van der Waals surface area (Å²) in [6, 6.07) is 27.3. The number of aliphatic hydroxyl groups is 1. The summed E-state index contributed by atoms with van der Waals surface area (Å²) in [5.74, 6) is 0. The third-order valence-corrected chi connectivity index (χ3v) is 14.9. The molecule has 0 spiro atoms. The van der Waals surface area contributed by atoms with Gasteiger partial charge in [-0.1, -0.05) is 117 Å². The molecule has 2 nitrogen and oxygen atoms in total. The molecule has 0 radical (unpaired) electrons. The fourth-order valence-corrected chi connectivity index (χ4v) is 9.41. The van der Waals surface area contributed by atoms with E-state index < -0.39 is 19.5 Å². The zero-order chi connectivity index (χ0) is 30.9. The Balaban J connectivity index is 1.41. The summed E-state index contributed by atoms with van der Waals surface area (Å²) >= 11 is 12.4. The van der Waals surface area contributed by atoms with E-state index in [-0.39, 0.29) is 10.8 Å². The molecule has 0 saturated heterocycles. The number of hydrogen-bond acceptors (Lipinski definition) is 2. The second-order valence-corrected chi connectivity index (χ2v) is 18.0. The van der Waals surface area contributed by atoms with Crippen molar-refractivity contribution < 1.29 is 9.53 Å². The van der Waals surface area contributed by atoms with Crippen molar-refractivity contribution in [1.29, 1.82) is 0 Å². The topological polar surface area (TPSA) is 29.5 Å². The summed E-state index contributed by atoms with van der Waals surface area (Å²) in [7, 11) is -2.00. The van der Waals surface area contributed by atoms with E-state index >= 15 is 0 Å². The van der Waals surface area contributed by atoms with Crippen LogP contribution in [0.3, 0.4) is 0 Å². The third-order valence-electron chi connectivity index (χ3n) is 9.77. The minimum atomic E-state index is -2.00. The van der Waals surface area contributed by atoms with Gasteiger partial charge >= 0.3 is 0 Å². The molecule has 3 aromatic rings. The van der Waals surface area contributed by atoms with E-state index in [1.165, 1.54) is 5.56 Å². The number of halogens is 2. The van der Waals surface area contributed by atoms with Crippen LogP contribution in [-0.2, 0) is 26.5 Å². The maximum absolute atomic E-state index is 11.8. The molecule has 5 heteroatoms. The van der Waals surface area contributed by atoms with Crippen molar-refractivity contribution in [3.63, 3.8) is 0 Å². The third kappa shape index (κ3) is 6.16. The van der Waals surface area contributed by atoms with Crippen LogP contribution >= 0.6 is 23.2 Å². The Labute approximate surface area is 268 Å². The van der Waals surface area contributed by atoms with Crippen molar-refractivity contribution in [2.75, 3.05) is 0 Å². The Bertz CT molecular complexity index is 1510. The molecule has 0 heterocycles. The monoisotopic (exact) mass is 628 g/mol.